The first-order valence-corrected chi connectivity index (χ1v) is 9.98. The number of nitrogens with one attached hydrogen (secondary N) is 1. The summed E-state index contributed by atoms with van der Waals surface area (Å²) in [6.45, 7) is 4.46. The molecule has 0 bridgehead atoms. The average molecular weight is 401 g/mol. The number of likely N-dealkylation sites (tertiary alicyclic amines) is 1. The SMILES string of the molecule is CCOC(=O)c1ccccc1NC(=O)C1CCCN(Cc2cccc(Cl)c2)C1. The molecule has 3 rings (SSSR count). The lowest BCUT2D eigenvalue weighted by Gasteiger charge is -2.32. The lowest BCUT2D eigenvalue weighted by atomic mass is 9.96. The van der Waals surface area contributed by atoms with Crippen molar-refractivity contribution in [2.75, 3.05) is 25.0 Å². The van der Waals surface area contributed by atoms with Crippen molar-refractivity contribution in [3.05, 3.63) is 64.7 Å². The van der Waals surface area contributed by atoms with Gasteiger partial charge in [-0.25, -0.2) is 4.79 Å². The number of esters is 1. The molecule has 28 heavy (non-hydrogen) atoms. The van der Waals surface area contributed by atoms with Gasteiger partial charge in [-0.3, -0.25) is 9.69 Å². The summed E-state index contributed by atoms with van der Waals surface area (Å²) in [5, 5.41) is 3.65. The summed E-state index contributed by atoms with van der Waals surface area (Å²) in [6, 6.07) is 14.8. The smallest absolute Gasteiger partial charge is 0.340 e. The van der Waals surface area contributed by atoms with Crippen LogP contribution >= 0.6 is 11.6 Å². The van der Waals surface area contributed by atoms with Gasteiger partial charge in [-0.05, 0) is 56.1 Å². The highest BCUT2D eigenvalue weighted by Crippen LogP contribution is 2.23. The first kappa shape index (κ1) is 20.4. The number of benzene rings is 2. The predicted molar refractivity (Wildman–Crippen MR) is 110 cm³/mol. The van der Waals surface area contributed by atoms with Crippen molar-refractivity contribution in [1.29, 1.82) is 0 Å². The van der Waals surface area contributed by atoms with E-state index in [-0.39, 0.29) is 11.8 Å². The molecule has 1 saturated heterocycles. The Labute approximate surface area is 170 Å². The van der Waals surface area contributed by atoms with E-state index in [4.69, 9.17) is 16.3 Å². The number of halogens is 1. The second kappa shape index (κ2) is 9.71. The van der Waals surface area contributed by atoms with Gasteiger partial charge in [0.2, 0.25) is 5.91 Å². The van der Waals surface area contributed by atoms with Gasteiger partial charge >= 0.3 is 5.97 Å². The number of rotatable bonds is 6. The number of hydrogen-bond donors (Lipinski definition) is 1. The van der Waals surface area contributed by atoms with E-state index in [9.17, 15) is 9.59 Å². The van der Waals surface area contributed by atoms with E-state index in [0.717, 1.165) is 36.5 Å². The van der Waals surface area contributed by atoms with Crippen LogP contribution in [0.4, 0.5) is 5.69 Å². The minimum atomic E-state index is -0.426. The Kier molecular flexibility index (Phi) is 7.06. The molecule has 148 valence electrons. The minimum Gasteiger partial charge on any atom is -0.462 e. The number of carbonyl (C=O) groups is 2. The Bertz CT molecular complexity index is 840. The van der Waals surface area contributed by atoms with Crippen molar-refractivity contribution in [2.24, 2.45) is 5.92 Å². The van der Waals surface area contributed by atoms with Gasteiger partial charge < -0.3 is 10.1 Å². The molecule has 1 unspecified atom stereocenters. The minimum absolute atomic E-state index is 0.0625. The highest BCUT2D eigenvalue weighted by atomic mass is 35.5. The number of carbonyl (C=O) groups excluding carboxylic acids is 2. The monoisotopic (exact) mass is 400 g/mol. The van der Waals surface area contributed by atoms with Crippen molar-refractivity contribution < 1.29 is 14.3 Å². The molecular formula is C22H25ClN2O3. The Morgan fingerprint density at radius 2 is 2.04 bits per heavy atom. The molecule has 1 N–H and O–H groups in total. The van der Waals surface area contributed by atoms with Crippen LogP contribution in [0.15, 0.2) is 48.5 Å². The molecule has 0 aliphatic carbocycles. The summed E-state index contributed by atoms with van der Waals surface area (Å²) in [7, 11) is 0. The molecule has 0 spiro atoms. The van der Waals surface area contributed by atoms with Gasteiger partial charge in [0.1, 0.15) is 0 Å². The summed E-state index contributed by atoms with van der Waals surface area (Å²) in [6.07, 6.45) is 1.79. The average Bonchev–Trinajstić information content (AvgIpc) is 2.69. The Hall–Kier alpha value is -2.37. The Morgan fingerprint density at radius 3 is 2.82 bits per heavy atom. The van der Waals surface area contributed by atoms with Crippen LogP contribution in [0.3, 0.4) is 0 Å². The fourth-order valence-corrected chi connectivity index (χ4v) is 3.73. The van der Waals surface area contributed by atoms with Crippen LogP contribution in [0.5, 0.6) is 0 Å². The van der Waals surface area contributed by atoms with Gasteiger partial charge in [-0.1, -0.05) is 35.9 Å². The fourth-order valence-electron chi connectivity index (χ4n) is 3.52. The zero-order valence-electron chi connectivity index (χ0n) is 16.0. The summed E-state index contributed by atoms with van der Waals surface area (Å²) >= 11 is 6.07. The summed E-state index contributed by atoms with van der Waals surface area (Å²) < 4.78 is 5.08. The summed E-state index contributed by atoms with van der Waals surface area (Å²) in [5.74, 6) is -0.611. The van der Waals surface area contributed by atoms with Gasteiger partial charge in [0.15, 0.2) is 0 Å². The Morgan fingerprint density at radius 1 is 1.21 bits per heavy atom. The number of piperidine rings is 1. The van der Waals surface area contributed by atoms with E-state index in [0.29, 0.717) is 24.4 Å². The summed E-state index contributed by atoms with van der Waals surface area (Å²) in [4.78, 5) is 27.2. The zero-order valence-corrected chi connectivity index (χ0v) is 16.7. The molecule has 0 aromatic heterocycles. The number of amides is 1. The lowest BCUT2D eigenvalue weighted by Crippen LogP contribution is -2.40. The maximum absolute atomic E-state index is 12.8. The lowest BCUT2D eigenvalue weighted by molar-refractivity contribution is -0.121. The molecule has 6 heteroatoms. The van der Waals surface area contributed by atoms with Crippen LogP contribution in [0, 0.1) is 5.92 Å². The van der Waals surface area contributed by atoms with Crippen LogP contribution < -0.4 is 5.32 Å². The number of para-hydroxylation sites is 1. The van der Waals surface area contributed by atoms with Gasteiger partial charge in [-0.2, -0.15) is 0 Å². The second-order valence-electron chi connectivity index (χ2n) is 6.96. The van der Waals surface area contributed by atoms with Crippen molar-refractivity contribution in [3.63, 3.8) is 0 Å². The van der Waals surface area contributed by atoms with Crippen molar-refractivity contribution in [2.45, 2.75) is 26.3 Å². The van der Waals surface area contributed by atoms with E-state index in [1.165, 1.54) is 0 Å². The van der Waals surface area contributed by atoms with Crippen molar-refractivity contribution in [1.82, 2.24) is 4.90 Å². The highest BCUT2D eigenvalue weighted by Gasteiger charge is 2.27. The van der Waals surface area contributed by atoms with E-state index in [1.54, 1.807) is 31.2 Å². The quantitative estimate of drug-likeness (QED) is 0.731. The van der Waals surface area contributed by atoms with Crippen LogP contribution in [0.1, 0.15) is 35.7 Å². The Balaban J connectivity index is 1.64. The van der Waals surface area contributed by atoms with Gasteiger partial charge in [-0.15, -0.1) is 0 Å². The van der Waals surface area contributed by atoms with Crippen molar-refractivity contribution >= 4 is 29.2 Å². The van der Waals surface area contributed by atoms with Crippen LogP contribution in [0.2, 0.25) is 5.02 Å². The van der Waals surface area contributed by atoms with Crippen molar-refractivity contribution in [3.8, 4) is 0 Å². The molecule has 0 saturated carbocycles. The third-order valence-electron chi connectivity index (χ3n) is 4.85. The molecule has 0 radical (unpaired) electrons. The standard InChI is InChI=1S/C22H25ClN2O3/c1-2-28-22(27)19-10-3-4-11-20(19)24-21(26)17-8-6-12-25(15-17)14-16-7-5-9-18(23)13-16/h3-5,7,9-11,13,17H,2,6,8,12,14-15H2,1H3,(H,24,26). The van der Waals surface area contributed by atoms with Gasteiger partial charge in [0, 0.05) is 18.1 Å². The van der Waals surface area contributed by atoms with Crippen LogP contribution in [0.25, 0.3) is 0 Å². The van der Waals surface area contributed by atoms with E-state index in [2.05, 4.69) is 10.2 Å². The molecule has 1 aliphatic heterocycles. The second-order valence-corrected chi connectivity index (χ2v) is 7.40. The van der Waals surface area contributed by atoms with E-state index < -0.39 is 5.97 Å². The molecular weight excluding hydrogens is 376 g/mol. The van der Waals surface area contributed by atoms with Gasteiger partial charge in [0.05, 0.1) is 23.8 Å². The first-order chi connectivity index (χ1) is 13.6. The molecule has 1 amide bonds. The number of anilines is 1. The third kappa shape index (κ3) is 5.33. The normalized spacial score (nSPS) is 17.1. The number of nitrogens with zero attached hydrogens (tertiary/aromatic N) is 1. The van der Waals surface area contributed by atoms with Crippen LogP contribution in [-0.4, -0.2) is 36.5 Å². The molecule has 5 nitrogen and oxygen atoms in total. The topological polar surface area (TPSA) is 58.6 Å². The third-order valence-corrected chi connectivity index (χ3v) is 5.09. The fraction of sp³-hybridized carbons (Fsp3) is 0.364. The molecule has 1 fully saturated rings. The number of ether oxygens (including phenoxy) is 1. The zero-order chi connectivity index (χ0) is 19.9. The predicted octanol–water partition coefficient (Wildman–Crippen LogP) is 4.37. The molecule has 2 aromatic rings. The molecule has 1 atom stereocenters. The molecule has 2 aromatic carbocycles. The number of hydrogen-bond acceptors (Lipinski definition) is 4. The van der Waals surface area contributed by atoms with Gasteiger partial charge in [0.25, 0.3) is 0 Å². The van der Waals surface area contributed by atoms with Crippen LogP contribution in [-0.2, 0) is 16.1 Å². The first-order valence-electron chi connectivity index (χ1n) is 9.60. The van der Waals surface area contributed by atoms with E-state index in [1.807, 2.05) is 24.3 Å². The maximum Gasteiger partial charge on any atom is 0.340 e. The molecule has 1 heterocycles. The summed E-state index contributed by atoms with van der Waals surface area (Å²) in [5.41, 5.74) is 2.02. The maximum atomic E-state index is 12.8. The van der Waals surface area contributed by atoms with E-state index >= 15 is 0 Å². The largest absolute Gasteiger partial charge is 0.462 e. The molecule has 1 aliphatic rings. The highest BCUT2D eigenvalue weighted by molar-refractivity contribution is 6.30.